The molecular weight excluding hydrogens is 262 g/mol. The maximum absolute atomic E-state index is 4.56. The Morgan fingerprint density at radius 3 is 1.95 bits per heavy atom. The Hall–Kier alpha value is -0.470. The first kappa shape index (κ1) is 17.6. The van der Waals surface area contributed by atoms with E-state index in [1.54, 1.807) is 0 Å². The smallest absolute Gasteiger partial charge is 0.0338 e. The zero-order valence-corrected chi connectivity index (χ0v) is 14.0. The standard InChI is InChI=1S/C18H31NS/c1-2-3-4-5-6-7-8-9-13-16-19(20)17-18-14-11-10-12-15-18/h10-12,14-15,20H,2-9,13,16-17H2,1H3. The third kappa shape index (κ3) is 9.44. The van der Waals surface area contributed by atoms with Crippen LogP contribution in [0.5, 0.6) is 0 Å². The number of nitrogens with zero attached hydrogens (tertiary/aromatic N) is 1. The van der Waals surface area contributed by atoms with Crippen molar-refractivity contribution in [3.8, 4) is 0 Å². The van der Waals surface area contributed by atoms with E-state index in [4.69, 9.17) is 0 Å². The molecule has 20 heavy (non-hydrogen) atoms. The molecule has 0 aliphatic rings. The second-order valence-corrected chi connectivity index (χ2v) is 6.27. The lowest BCUT2D eigenvalue weighted by molar-refractivity contribution is 0.443. The van der Waals surface area contributed by atoms with Gasteiger partial charge < -0.3 is 0 Å². The second-order valence-electron chi connectivity index (χ2n) is 5.70. The average Bonchev–Trinajstić information content (AvgIpc) is 2.46. The van der Waals surface area contributed by atoms with Crippen LogP contribution in [0, 0.1) is 0 Å². The van der Waals surface area contributed by atoms with Crippen LogP contribution in [-0.2, 0) is 6.54 Å². The van der Waals surface area contributed by atoms with Gasteiger partial charge in [-0.05, 0) is 12.0 Å². The van der Waals surface area contributed by atoms with Gasteiger partial charge in [0.1, 0.15) is 0 Å². The summed E-state index contributed by atoms with van der Waals surface area (Å²) in [6.07, 6.45) is 12.5. The number of benzene rings is 1. The molecule has 0 N–H and O–H groups in total. The van der Waals surface area contributed by atoms with E-state index in [2.05, 4.69) is 54.4 Å². The molecule has 0 saturated heterocycles. The highest BCUT2D eigenvalue weighted by atomic mass is 32.1. The Morgan fingerprint density at radius 2 is 1.35 bits per heavy atom. The Kier molecular flexibility index (Phi) is 10.8. The Morgan fingerprint density at radius 1 is 0.800 bits per heavy atom. The van der Waals surface area contributed by atoms with Crippen LogP contribution in [0.4, 0.5) is 0 Å². The monoisotopic (exact) mass is 293 g/mol. The molecule has 0 unspecified atom stereocenters. The first-order chi connectivity index (χ1) is 9.83. The van der Waals surface area contributed by atoms with Gasteiger partial charge in [-0.25, -0.2) is 4.31 Å². The van der Waals surface area contributed by atoms with Crippen LogP contribution in [0.15, 0.2) is 30.3 Å². The topological polar surface area (TPSA) is 3.24 Å². The van der Waals surface area contributed by atoms with Crippen LogP contribution in [0.3, 0.4) is 0 Å². The molecule has 1 nitrogen and oxygen atoms in total. The van der Waals surface area contributed by atoms with E-state index < -0.39 is 0 Å². The van der Waals surface area contributed by atoms with Gasteiger partial charge in [0, 0.05) is 13.1 Å². The molecule has 0 saturated carbocycles. The summed E-state index contributed by atoms with van der Waals surface area (Å²) in [4.78, 5) is 0. The molecule has 1 aromatic carbocycles. The highest BCUT2D eigenvalue weighted by Gasteiger charge is 2.00. The molecule has 1 rings (SSSR count). The number of thiol groups is 1. The maximum atomic E-state index is 4.56. The molecule has 0 aromatic heterocycles. The summed E-state index contributed by atoms with van der Waals surface area (Å²) < 4.78 is 2.14. The van der Waals surface area contributed by atoms with E-state index in [9.17, 15) is 0 Å². The Bertz CT molecular complexity index is 312. The molecule has 114 valence electrons. The lowest BCUT2D eigenvalue weighted by Crippen LogP contribution is -2.13. The van der Waals surface area contributed by atoms with Gasteiger partial charge in [0.25, 0.3) is 0 Å². The van der Waals surface area contributed by atoms with Gasteiger partial charge in [-0.2, -0.15) is 0 Å². The molecule has 0 aliphatic heterocycles. The molecular formula is C18H31NS. The number of hydrogen-bond donors (Lipinski definition) is 1. The van der Waals surface area contributed by atoms with E-state index >= 15 is 0 Å². The molecule has 0 bridgehead atoms. The number of rotatable bonds is 12. The third-order valence-electron chi connectivity index (χ3n) is 3.73. The number of unbranched alkanes of at least 4 members (excludes halogenated alkanes) is 8. The van der Waals surface area contributed by atoms with E-state index in [0.717, 1.165) is 13.1 Å². The third-order valence-corrected chi connectivity index (χ3v) is 4.07. The first-order valence-corrected chi connectivity index (χ1v) is 8.70. The van der Waals surface area contributed by atoms with Gasteiger partial charge in [-0.15, -0.1) is 0 Å². The van der Waals surface area contributed by atoms with Crippen molar-refractivity contribution < 1.29 is 0 Å². The van der Waals surface area contributed by atoms with Gasteiger partial charge in [-0.1, -0.05) is 101 Å². The van der Waals surface area contributed by atoms with Crippen molar-refractivity contribution in [1.29, 1.82) is 0 Å². The fourth-order valence-electron chi connectivity index (χ4n) is 2.48. The predicted molar refractivity (Wildman–Crippen MR) is 93.1 cm³/mol. The minimum atomic E-state index is 0.945. The van der Waals surface area contributed by atoms with Gasteiger partial charge in [0.05, 0.1) is 0 Å². The van der Waals surface area contributed by atoms with Crippen molar-refractivity contribution in [2.75, 3.05) is 6.54 Å². The minimum Gasteiger partial charge on any atom is -0.249 e. The lowest BCUT2D eigenvalue weighted by Gasteiger charge is -2.15. The van der Waals surface area contributed by atoms with Crippen molar-refractivity contribution in [3.63, 3.8) is 0 Å². The van der Waals surface area contributed by atoms with Gasteiger partial charge >= 0.3 is 0 Å². The molecule has 0 heterocycles. The Labute approximate surface area is 131 Å². The van der Waals surface area contributed by atoms with Crippen molar-refractivity contribution in [3.05, 3.63) is 35.9 Å². The molecule has 1 aromatic rings. The molecule has 2 heteroatoms. The van der Waals surface area contributed by atoms with Gasteiger partial charge in [-0.3, -0.25) is 0 Å². The normalized spacial score (nSPS) is 11.2. The summed E-state index contributed by atoms with van der Waals surface area (Å²) in [5, 5.41) is 0. The van der Waals surface area contributed by atoms with E-state index in [0.29, 0.717) is 0 Å². The minimum absolute atomic E-state index is 0.945. The fraction of sp³-hybridized carbons (Fsp3) is 0.667. The largest absolute Gasteiger partial charge is 0.249 e. The van der Waals surface area contributed by atoms with Gasteiger partial charge in [0.2, 0.25) is 0 Å². The first-order valence-electron chi connectivity index (χ1n) is 8.30. The summed E-state index contributed by atoms with van der Waals surface area (Å²) in [5.74, 6) is 0. The van der Waals surface area contributed by atoms with Crippen molar-refractivity contribution in [1.82, 2.24) is 4.31 Å². The van der Waals surface area contributed by atoms with Crippen molar-refractivity contribution in [2.24, 2.45) is 0 Å². The van der Waals surface area contributed by atoms with Crippen LogP contribution < -0.4 is 0 Å². The maximum Gasteiger partial charge on any atom is 0.0338 e. The van der Waals surface area contributed by atoms with E-state index in [1.807, 2.05) is 0 Å². The summed E-state index contributed by atoms with van der Waals surface area (Å²) in [6, 6.07) is 10.6. The summed E-state index contributed by atoms with van der Waals surface area (Å²) in [5.41, 5.74) is 1.35. The van der Waals surface area contributed by atoms with Crippen LogP contribution in [0.25, 0.3) is 0 Å². The van der Waals surface area contributed by atoms with Crippen LogP contribution >= 0.6 is 12.8 Å². The number of hydrogen-bond acceptors (Lipinski definition) is 2. The zero-order valence-electron chi connectivity index (χ0n) is 13.1. The summed E-state index contributed by atoms with van der Waals surface area (Å²) in [7, 11) is 0. The summed E-state index contributed by atoms with van der Waals surface area (Å²) in [6.45, 7) is 4.31. The fourth-order valence-corrected chi connectivity index (χ4v) is 2.78. The van der Waals surface area contributed by atoms with E-state index in [1.165, 1.54) is 63.4 Å². The molecule has 0 atom stereocenters. The quantitative estimate of drug-likeness (QED) is 0.373. The van der Waals surface area contributed by atoms with Crippen LogP contribution in [0.2, 0.25) is 0 Å². The molecule has 0 aliphatic carbocycles. The lowest BCUT2D eigenvalue weighted by atomic mass is 10.1. The summed E-state index contributed by atoms with van der Waals surface area (Å²) >= 11 is 4.56. The SMILES string of the molecule is CCCCCCCCCCCN(S)Cc1ccccc1. The molecule has 0 radical (unpaired) electrons. The average molecular weight is 294 g/mol. The molecule has 0 spiro atoms. The van der Waals surface area contributed by atoms with Crippen molar-refractivity contribution >= 4 is 12.8 Å². The zero-order chi connectivity index (χ0) is 14.5. The van der Waals surface area contributed by atoms with Crippen molar-refractivity contribution in [2.45, 2.75) is 71.3 Å². The highest BCUT2D eigenvalue weighted by molar-refractivity contribution is 7.77. The van der Waals surface area contributed by atoms with Gasteiger partial charge in [0.15, 0.2) is 0 Å². The second kappa shape index (κ2) is 12.3. The van der Waals surface area contributed by atoms with E-state index in [-0.39, 0.29) is 0 Å². The molecule has 0 amide bonds. The van der Waals surface area contributed by atoms with Crippen LogP contribution in [-0.4, -0.2) is 10.8 Å². The highest BCUT2D eigenvalue weighted by Crippen LogP contribution is 2.11. The van der Waals surface area contributed by atoms with Crippen LogP contribution in [0.1, 0.15) is 70.3 Å². The molecule has 0 fully saturated rings. The Balaban J connectivity index is 1.91. The predicted octanol–water partition coefficient (Wildman–Crippen LogP) is 5.86.